The standard InChI is InChI=1S/C24H34N2O4/c1-17(27)20(15-18-11-7-5-8-12-18)25-21(28)13-9-6-10-14-26-22(29)16-19(23(26)30)24(2,3)4/h5,7-8,11-12,19-20H,6,9-10,13-16H2,1-4H3,(H,25,28)/t19?,20-/m0/s1. The number of carbonyl (C=O) groups excluding carboxylic acids is 4. The first kappa shape index (κ1) is 23.8. The molecule has 2 rings (SSSR count). The number of hydrogen-bond donors (Lipinski definition) is 1. The third-order valence-corrected chi connectivity index (χ3v) is 5.68. The summed E-state index contributed by atoms with van der Waals surface area (Å²) >= 11 is 0. The number of likely N-dealkylation sites (tertiary alicyclic amines) is 1. The van der Waals surface area contributed by atoms with Crippen LogP contribution in [0.1, 0.15) is 65.4 Å². The maximum atomic E-state index is 12.5. The van der Waals surface area contributed by atoms with Gasteiger partial charge in [0.2, 0.25) is 17.7 Å². The SMILES string of the molecule is CC(=O)[C@H](Cc1ccccc1)NC(=O)CCCCCN1C(=O)CC(C(C)(C)C)C1=O. The Hall–Kier alpha value is -2.50. The molecule has 0 bridgehead atoms. The zero-order valence-corrected chi connectivity index (χ0v) is 18.6. The Balaban J connectivity index is 1.71. The van der Waals surface area contributed by atoms with Crippen LogP contribution in [0.5, 0.6) is 0 Å². The van der Waals surface area contributed by atoms with Gasteiger partial charge in [-0.2, -0.15) is 0 Å². The summed E-state index contributed by atoms with van der Waals surface area (Å²) < 4.78 is 0. The molecule has 0 saturated carbocycles. The first-order valence-corrected chi connectivity index (χ1v) is 10.8. The minimum atomic E-state index is -0.519. The van der Waals surface area contributed by atoms with Gasteiger partial charge < -0.3 is 5.32 Å². The quantitative estimate of drug-likeness (QED) is 0.470. The molecule has 6 nitrogen and oxygen atoms in total. The second-order valence-electron chi connectivity index (χ2n) is 9.24. The van der Waals surface area contributed by atoms with E-state index < -0.39 is 6.04 Å². The van der Waals surface area contributed by atoms with E-state index in [9.17, 15) is 19.2 Å². The van der Waals surface area contributed by atoms with Gasteiger partial charge >= 0.3 is 0 Å². The topological polar surface area (TPSA) is 83.6 Å². The Morgan fingerprint density at radius 1 is 1.10 bits per heavy atom. The van der Waals surface area contributed by atoms with Crippen LogP contribution < -0.4 is 5.32 Å². The zero-order valence-electron chi connectivity index (χ0n) is 18.6. The molecule has 0 aromatic heterocycles. The molecule has 164 valence electrons. The highest BCUT2D eigenvalue weighted by Gasteiger charge is 2.44. The minimum absolute atomic E-state index is 0.0633. The predicted octanol–water partition coefficient (Wildman–Crippen LogP) is 3.28. The van der Waals surface area contributed by atoms with Crippen molar-refractivity contribution >= 4 is 23.5 Å². The molecule has 1 aliphatic heterocycles. The van der Waals surface area contributed by atoms with E-state index >= 15 is 0 Å². The molecule has 3 amide bonds. The fourth-order valence-corrected chi connectivity index (χ4v) is 3.74. The van der Waals surface area contributed by atoms with E-state index in [0.717, 1.165) is 12.0 Å². The molecule has 1 aromatic carbocycles. The van der Waals surface area contributed by atoms with E-state index in [2.05, 4.69) is 5.32 Å². The van der Waals surface area contributed by atoms with Crippen LogP contribution in [-0.2, 0) is 25.6 Å². The van der Waals surface area contributed by atoms with Crippen molar-refractivity contribution in [3.63, 3.8) is 0 Å². The number of ketones is 1. The van der Waals surface area contributed by atoms with Crippen LogP contribution in [0.25, 0.3) is 0 Å². The molecular weight excluding hydrogens is 380 g/mol. The summed E-state index contributed by atoms with van der Waals surface area (Å²) in [4.78, 5) is 50.1. The lowest BCUT2D eigenvalue weighted by Crippen LogP contribution is -2.41. The highest BCUT2D eigenvalue weighted by molar-refractivity contribution is 6.03. The number of nitrogens with zero attached hydrogens (tertiary/aromatic N) is 1. The van der Waals surface area contributed by atoms with Gasteiger partial charge in [0.1, 0.15) is 0 Å². The first-order valence-electron chi connectivity index (χ1n) is 10.8. The summed E-state index contributed by atoms with van der Waals surface area (Å²) in [7, 11) is 0. The average Bonchev–Trinajstić information content (AvgIpc) is 2.96. The van der Waals surface area contributed by atoms with Crippen molar-refractivity contribution in [3.8, 4) is 0 Å². The Morgan fingerprint density at radius 3 is 2.33 bits per heavy atom. The molecule has 0 radical (unpaired) electrons. The molecule has 0 aliphatic carbocycles. The van der Waals surface area contributed by atoms with Gasteiger partial charge in [0.05, 0.1) is 12.0 Å². The molecular formula is C24H34N2O4. The summed E-state index contributed by atoms with van der Waals surface area (Å²) in [5, 5.41) is 2.83. The average molecular weight is 415 g/mol. The van der Waals surface area contributed by atoms with Gasteiger partial charge in [0, 0.05) is 19.4 Å². The number of benzene rings is 1. The van der Waals surface area contributed by atoms with Crippen molar-refractivity contribution < 1.29 is 19.2 Å². The number of rotatable bonds is 10. The van der Waals surface area contributed by atoms with E-state index in [1.807, 2.05) is 51.1 Å². The Morgan fingerprint density at radius 2 is 1.77 bits per heavy atom. The Labute approximate surface area is 179 Å². The van der Waals surface area contributed by atoms with Crippen LogP contribution in [0.3, 0.4) is 0 Å². The highest BCUT2D eigenvalue weighted by atomic mass is 16.2. The molecule has 1 fully saturated rings. The van der Waals surface area contributed by atoms with E-state index in [4.69, 9.17) is 0 Å². The van der Waals surface area contributed by atoms with Crippen molar-refractivity contribution in [1.29, 1.82) is 0 Å². The van der Waals surface area contributed by atoms with Crippen molar-refractivity contribution in [2.24, 2.45) is 11.3 Å². The number of imide groups is 1. The van der Waals surface area contributed by atoms with Crippen molar-refractivity contribution in [2.75, 3.05) is 6.54 Å². The van der Waals surface area contributed by atoms with Crippen molar-refractivity contribution in [3.05, 3.63) is 35.9 Å². The molecule has 6 heteroatoms. The number of hydrogen-bond acceptors (Lipinski definition) is 4. The van der Waals surface area contributed by atoms with Crippen LogP contribution in [0.15, 0.2) is 30.3 Å². The van der Waals surface area contributed by atoms with Crippen LogP contribution in [0.2, 0.25) is 0 Å². The van der Waals surface area contributed by atoms with E-state index in [0.29, 0.717) is 38.6 Å². The Kier molecular flexibility index (Phi) is 8.33. The molecule has 1 saturated heterocycles. The molecule has 1 heterocycles. The predicted molar refractivity (Wildman–Crippen MR) is 116 cm³/mol. The Bertz CT molecular complexity index is 767. The third kappa shape index (κ3) is 6.78. The number of unbranched alkanes of at least 4 members (excludes halogenated alkanes) is 2. The molecule has 2 atom stereocenters. The number of nitrogens with one attached hydrogen (secondary N) is 1. The molecule has 1 N–H and O–H groups in total. The van der Waals surface area contributed by atoms with E-state index in [1.54, 1.807) is 0 Å². The van der Waals surface area contributed by atoms with Gasteiger partial charge in [0.15, 0.2) is 5.78 Å². The van der Waals surface area contributed by atoms with Crippen molar-refractivity contribution in [2.45, 2.75) is 72.3 Å². The summed E-state index contributed by atoms with van der Waals surface area (Å²) in [6.45, 7) is 7.85. The van der Waals surface area contributed by atoms with Crippen LogP contribution in [-0.4, -0.2) is 41.0 Å². The third-order valence-electron chi connectivity index (χ3n) is 5.68. The maximum Gasteiger partial charge on any atom is 0.233 e. The highest BCUT2D eigenvalue weighted by Crippen LogP contribution is 2.35. The molecule has 1 unspecified atom stereocenters. The van der Waals surface area contributed by atoms with Crippen LogP contribution in [0.4, 0.5) is 0 Å². The lowest BCUT2D eigenvalue weighted by atomic mass is 9.80. The molecule has 30 heavy (non-hydrogen) atoms. The van der Waals surface area contributed by atoms with Gasteiger partial charge in [-0.05, 0) is 37.2 Å². The lowest BCUT2D eigenvalue weighted by Gasteiger charge is -2.24. The second kappa shape index (κ2) is 10.5. The molecule has 0 spiro atoms. The number of Topliss-reactive ketones (excluding diaryl/α,β-unsaturated/α-hetero) is 1. The first-order chi connectivity index (χ1) is 14.1. The number of amides is 3. The zero-order chi connectivity index (χ0) is 22.3. The lowest BCUT2D eigenvalue weighted by molar-refractivity contribution is -0.140. The fourth-order valence-electron chi connectivity index (χ4n) is 3.74. The minimum Gasteiger partial charge on any atom is -0.346 e. The summed E-state index contributed by atoms with van der Waals surface area (Å²) in [6, 6.07) is 9.09. The van der Waals surface area contributed by atoms with Crippen LogP contribution >= 0.6 is 0 Å². The second-order valence-corrected chi connectivity index (χ2v) is 9.24. The smallest absolute Gasteiger partial charge is 0.233 e. The monoisotopic (exact) mass is 414 g/mol. The van der Waals surface area contributed by atoms with Gasteiger partial charge in [-0.25, -0.2) is 0 Å². The van der Waals surface area contributed by atoms with E-state index in [1.165, 1.54) is 11.8 Å². The fraction of sp³-hybridized carbons (Fsp3) is 0.583. The van der Waals surface area contributed by atoms with Gasteiger partial charge in [-0.1, -0.05) is 57.5 Å². The number of carbonyl (C=O) groups is 4. The molecule has 1 aromatic rings. The van der Waals surface area contributed by atoms with Gasteiger partial charge in [-0.3, -0.25) is 24.1 Å². The van der Waals surface area contributed by atoms with Gasteiger partial charge in [-0.15, -0.1) is 0 Å². The maximum absolute atomic E-state index is 12.5. The van der Waals surface area contributed by atoms with Crippen molar-refractivity contribution in [1.82, 2.24) is 10.2 Å². The normalized spacial score (nSPS) is 17.9. The summed E-state index contributed by atoms with van der Waals surface area (Å²) in [6.07, 6.45) is 3.18. The largest absolute Gasteiger partial charge is 0.346 e. The van der Waals surface area contributed by atoms with E-state index in [-0.39, 0.29) is 34.8 Å². The molecule has 1 aliphatic rings. The van der Waals surface area contributed by atoms with Crippen LogP contribution in [0, 0.1) is 11.3 Å². The summed E-state index contributed by atoms with van der Waals surface area (Å²) in [5.41, 5.74) is 0.790. The van der Waals surface area contributed by atoms with Gasteiger partial charge in [0.25, 0.3) is 0 Å². The summed E-state index contributed by atoms with van der Waals surface area (Å²) in [5.74, 6) is -0.624.